The molecule has 1 unspecified atom stereocenters. The molecule has 3 nitrogen and oxygen atoms in total. The maximum atomic E-state index is 12.6. The number of hydrogen-bond acceptors (Lipinski definition) is 3. The van der Waals surface area contributed by atoms with Crippen LogP contribution in [0.15, 0.2) is 36.4 Å². The summed E-state index contributed by atoms with van der Waals surface area (Å²) in [5.74, 6) is 1.11. The van der Waals surface area contributed by atoms with Crippen molar-refractivity contribution in [1.82, 2.24) is 9.88 Å². The van der Waals surface area contributed by atoms with Crippen LogP contribution in [0.5, 0.6) is 0 Å². The fourth-order valence-electron chi connectivity index (χ4n) is 3.69. The smallest absolute Gasteiger partial charge is 0.226 e. The molecule has 0 spiro atoms. The highest BCUT2D eigenvalue weighted by Crippen LogP contribution is 2.34. The van der Waals surface area contributed by atoms with E-state index in [4.69, 9.17) is 4.98 Å². The summed E-state index contributed by atoms with van der Waals surface area (Å²) in [6.07, 6.45) is 9.47. The van der Waals surface area contributed by atoms with Crippen LogP contribution in [0.3, 0.4) is 0 Å². The molecule has 1 fully saturated rings. The summed E-state index contributed by atoms with van der Waals surface area (Å²) < 4.78 is 1.27. The van der Waals surface area contributed by atoms with Gasteiger partial charge in [-0.15, -0.1) is 11.3 Å². The molecule has 120 valence electrons. The number of aromatic nitrogens is 1. The Kier molecular flexibility index (Phi) is 4.17. The maximum Gasteiger partial charge on any atom is 0.226 e. The molecule has 4 rings (SSSR count). The second-order valence-corrected chi connectivity index (χ2v) is 7.66. The number of para-hydroxylation sites is 1. The average molecular weight is 326 g/mol. The van der Waals surface area contributed by atoms with Crippen molar-refractivity contribution in [3.05, 3.63) is 41.4 Å². The minimum Gasteiger partial charge on any atom is -0.342 e. The van der Waals surface area contributed by atoms with Gasteiger partial charge in [-0.05, 0) is 44.2 Å². The zero-order valence-corrected chi connectivity index (χ0v) is 14.1. The Morgan fingerprint density at radius 3 is 2.70 bits per heavy atom. The summed E-state index contributed by atoms with van der Waals surface area (Å²) in [7, 11) is 0. The quantitative estimate of drug-likeness (QED) is 0.768. The Balaban J connectivity index is 1.40. The molecular weight excluding hydrogens is 304 g/mol. The van der Waals surface area contributed by atoms with Crippen molar-refractivity contribution in [2.45, 2.75) is 38.0 Å². The lowest BCUT2D eigenvalue weighted by Crippen LogP contribution is -2.41. The van der Waals surface area contributed by atoms with Gasteiger partial charge in [0.15, 0.2) is 0 Å². The lowest BCUT2D eigenvalue weighted by molar-refractivity contribution is -0.136. The lowest BCUT2D eigenvalue weighted by Gasteiger charge is -2.34. The summed E-state index contributed by atoms with van der Waals surface area (Å²) in [5, 5.41) is 1.25. The third-order valence-electron chi connectivity index (χ3n) is 5.08. The van der Waals surface area contributed by atoms with Gasteiger partial charge < -0.3 is 4.90 Å². The SMILES string of the molecule is O=C(C1CC=CCC1)N1CCC(c2nc3ccccc3s2)CC1. The summed E-state index contributed by atoms with van der Waals surface area (Å²) in [6.45, 7) is 1.78. The topological polar surface area (TPSA) is 33.2 Å². The molecule has 4 heteroatoms. The van der Waals surface area contributed by atoms with Crippen LogP contribution in [-0.4, -0.2) is 28.9 Å². The molecule has 1 aromatic heterocycles. The third-order valence-corrected chi connectivity index (χ3v) is 6.28. The predicted octanol–water partition coefficient (Wildman–Crippen LogP) is 4.36. The van der Waals surface area contributed by atoms with E-state index in [0.29, 0.717) is 11.8 Å². The molecule has 2 heterocycles. The number of piperidine rings is 1. The minimum absolute atomic E-state index is 0.221. The van der Waals surface area contributed by atoms with Crippen molar-refractivity contribution in [3.8, 4) is 0 Å². The van der Waals surface area contributed by atoms with Crippen LogP contribution < -0.4 is 0 Å². The fraction of sp³-hybridized carbons (Fsp3) is 0.474. The first-order valence-corrected chi connectivity index (χ1v) is 9.42. The van der Waals surface area contributed by atoms with Gasteiger partial charge in [-0.1, -0.05) is 24.3 Å². The second-order valence-electron chi connectivity index (χ2n) is 6.60. The van der Waals surface area contributed by atoms with Crippen LogP contribution in [0.4, 0.5) is 0 Å². The van der Waals surface area contributed by atoms with Crippen molar-refractivity contribution in [3.63, 3.8) is 0 Å². The first-order chi connectivity index (χ1) is 11.3. The number of fused-ring (bicyclic) bond motifs is 1. The van der Waals surface area contributed by atoms with Gasteiger partial charge in [-0.25, -0.2) is 4.98 Å². The molecule has 0 saturated carbocycles. The highest BCUT2D eigenvalue weighted by molar-refractivity contribution is 7.18. The van der Waals surface area contributed by atoms with Crippen LogP contribution in [0.2, 0.25) is 0 Å². The van der Waals surface area contributed by atoms with Gasteiger partial charge in [0.1, 0.15) is 0 Å². The van der Waals surface area contributed by atoms with Crippen molar-refractivity contribution < 1.29 is 4.79 Å². The number of benzene rings is 1. The highest BCUT2D eigenvalue weighted by Gasteiger charge is 2.29. The van der Waals surface area contributed by atoms with E-state index < -0.39 is 0 Å². The van der Waals surface area contributed by atoms with E-state index in [1.807, 2.05) is 17.4 Å². The van der Waals surface area contributed by atoms with E-state index in [9.17, 15) is 4.79 Å². The Morgan fingerprint density at radius 1 is 1.13 bits per heavy atom. The zero-order valence-electron chi connectivity index (χ0n) is 13.3. The molecule has 1 saturated heterocycles. The van der Waals surface area contributed by atoms with Crippen LogP contribution in [0, 0.1) is 5.92 Å². The van der Waals surface area contributed by atoms with E-state index in [1.54, 1.807) is 0 Å². The first kappa shape index (κ1) is 14.9. The molecule has 1 amide bonds. The number of hydrogen-bond donors (Lipinski definition) is 0. The molecular formula is C19H22N2OS. The van der Waals surface area contributed by atoms with Gasteiger partial charge in [0, 0.05) is 24.9 Å². The number of thiazole rings is 1. The highest BCUT2D eigenvalue weighted by atomic mass is 32.1. The molecule has 2 aromatic rings. The molecule has 0 N–H and O–H groups in total. The van der Waals surface area contributed by atoms with Gasteiger partial charge in [0.25, 0.3) is 0 Å². The van der Waals surface area contributed by atoms with Crippen molar-refractivity contribution in [2.24, 2.45) is 5.92 Å². The number of allylic oxidation sites excluding steroid dienone is 2. The van der Waals surface area contributed by atoms with Gasteiger partial charge in [0.05, 0.1) is 15.2 Å². The molecule has 1 aliphatic carbocycles. The third kappa shape index (κ3) is 3.05. The Bertz CT molecular complexity index is 695. The van der Waals surface area contributed by atoms with Crippen LogP contribution >= 0.6 is 11.3 Å². The van der Waals surface area contributed by atoms with Crippen molar-refractivity contribution in [2.75, 3.05) is 13.1 Å². The number of rotatable bonds is 2. The van der Waals surface area contributed by atoms with E-state index in [-0.39, 0.29) is 5.92 Å². The monoisotopic (exact) mass is 326 g/mol. The largest absolute Gasteiger partial charge is 0.342 e. The van der Waals surface area contributed by atoms with Crippen LogP contribution in [0.1, 0.15) is 43.0 Å². The number of amides is 1. The Labute approximate surface area is 141 Å². The van der Waals surface area contributed by atoms with Gasteiger partial charge >= 0.3 is 0 Å². The van der Waals surface area contributed by atoms with Gasteiger partial charge in [0.2, 0.25) is 5.91 Å². The number of likely N-dealkylation sites (tertiary alicyclic amines) is 1. The van der Waals surface area contributed by atoms with Crippen LogP contribution in [-0.2, 0) is 4.79 Å². The number of nitrogens with zero attached hydrogens (tertiary/aromatic N) is 2. The van der Waals surface area contributed by atoms with Gasteiger partial charge in [-0.2, -0.15) is 0 Å². The average Bonchev–Trinajstić information content (AvgIpc) is 3.06. The summed E-state index contributed by atoms with van der Waals surface area (Å²) >= 11 is 1.82. The number of carbonyl (C=O) groups is 1. The van der Waals surface area contributed by atoms with E-state index in [1.165, 1.54) is 9.71 Å². The number of carbonyl (C=O) groups excluding carboxylic acids is 1. The normalized spacial score (nSPS) is 22.6. The van der Waals surface area contributed by atoms with Crippen LogP contribution in [0.25, 0.3) is 10.2 Å². The summed E-state index contributed by atoms with van der Waals surface area (Å²) in [6, 6.07) is 8.35. The van der Waals surface area contributed by atoms with E-state index in [0.717, 1.165) is 50.7 Å². The molecule has 0 bridgehead atoms. The molecule has 1 aromatic carbocycles. The standard InChI is InChI=1S/C19H22N2OS/c22-19(15-6-2-1-3-7-15)21-12-10-14(11-13-21)18-20-16-8-4-5-9-17(16)23-18/h1-2,4-5,8-9,14-15H,3,6-7,10-13H2. The Hall–Kier alpha value is -1.68. The zero-order chi connectivity index (χ0) is 15.6. The summed E-state index contributed by atoms with van der Waals surface area (Å²) in [4.78, 5) is 19.5. The lowest BCUT2D eigenvalue weighted by atomic mass is 9.91. The first-order valence-electron chi connectivity index (χ1n) is 8.60. The van der Waals surface area contributed by atoms with E-state index in [2.05, 4.69) is 35.3 Å². The molecule has 0 radical (unpaired) electrons. The second kappa shape index (κ2) is 6.44. The molecule has 1 aliphatic heterocycles. The molecule has 23 heavy (non-hydrogen) atoms. The maximum absolute atomic E-state index is 12.6. The Morgan fingerprint density at radius 2 is 1.96 bits per heavy atom. The fourth-order valence-corrected chi connectivity index (χ4v) is 4.82. The molecule has 2 aliphatic rings. The van der Waals surface area contributed by atoms with E-state index >= 15 is 0 Å². The van der Waals surface area contributed by atoms with Crippen molar-refractivity contribution in [1.29, 1.82) is 0 Å². The minimum atomic E-state index is 0.221. The van der Waals surface area contributed by atoms with Crippen molar-refractivity contribution >= 4 is 27.5 Å². The van der Waals surface area contributed by atoms with Gasteiger partial charge in [-0.3, -0.25) is 4.79 Å². The predicted molar refractivity (Wildman–Crippen MR) is 94.7 cm³/mol. The molecule has 1 atom stereocenters. The summed E-state index contributed by atoms with van der Waals surface area (Å²) in [5.41, 5.74) is 1.11.